The predicted octanol–water partition coefficient (Wildman–Crippen LogP) is 3.43. The number of rotatable bonds is 3. The van der Waals surface area contributed by atoms with Gasteiger partial charge in [0.05, 0.1) is 0 Å². The molecule has 0 heterocycles. The summed E-state index contributed by atoms with van der Waals surface area (Å²) in [5.41, 5.74) is 0.751. The average molecular weight is 266 g/mol. The molecule has 1 atom stereocenters. The topological polar surface area (TPSA) is 54.4 Å². The summed E-state index contributed by atoms with van der Waals surface area (Å²) in [6.45, 7) is 7.23. The maximum atomic E-state index is 13.2. The fourth-order valence-electron chi connectivity index (χ4n) is 2.46. The summed E-state index contributed by atoms with van der Waals surface area (Å²) in [5, 5.41) is 8.56. The van der Waals surface area contributed by atoms with E-state index in [9.17, 15) is 14.0 Å². The largest absolute Gasteiger partial charge is 0.476 e. The van der Waals surface area contributed by atoms with Crippen molar-refractivity contribution in [1.29, 1.82) is 0 Å². The third-order valence-corrected chi connectivity index (χ3v) is 3.42. The number of aliphatic carboxylic acids is 1. The van der Waals surface area contributed by atoms with Gasteiger partial charge in [-0.3, -0.25) is 4.79 Å². The fraction of sp³-hybridized carbons (Fsp3) is 0.467. The minimum absolute atomic E-state index is 0.00162. The van der Waals surface area contributed by atoms with E-state index in [-0.39, 0.29) is 22.7 Å². The number of hydrogen-bond donors (Lipinski definition) is 1. The van der Waals surface area contributed by atoms with Crippen molar-refractivity contribution in [2.75, 3.05) is 0 Å². The zero-order valence-electron chi connectivity index (χ0n) is 11.7. The van der Waals surface area contributed by atoms with E-state index in [0.717, 1.165) is 5.57 Å². The van der Waals surface area contributed by atoms with Crippen LogP contribution in [0.25, 0.3) is 0 Å². The molecule has 1 unspecified atom stereocenters. The fourth-order valence-corrected chi connectivity index (χ4v) is 2.46. The number of hydrogen-bond acceptors (Lipinski definition) is 2. The first-order valence-electron chi connectivity index (χ1n) is 6.14. The molecule has 1 rings (SSSR count). The lowest BCUT2D eigenvalue weighted by Crippen LogP contribution is -2.30. The Morgan fingerprint density at radius 2 is 2.11 bits per heavy atom. The molecule has 0 aromatic rings. The van der Waals surface area contributed by atoms with Crippen LogP contribution in [0.3, 0.4) is 0 Å². The van der Waals surface area contributed by atoms with Gasteiger partial charge in [-0.15, -0.1) is 0 Å². The van der Waals surface area contributed by atoms with Crippen molar-refractivity contribution in [2.24, 2.45) is 11.3 Å². The van der Waals surface area contributed by atoms with Gasteiger partial charge in [0.2, 0.25) is 5.83 Å². The molecule has 0 aromatic heterocycles. The molecule has 0 aliphatic heterocycles. The lowest BCUT2D eigenvalue weighted by Gasteiger charge is -2.35. The number of allylic oxidation sites excluding steroid dienone is 5. The molecule has 3 nitrogen and oxygen atoms in total. The molecule has 0 radical (unpaired) electrons. The van der Waals surface area contributed by atoms with Crippen molar-refractivity contribution in [1.82, 2.24) is 0 Å². The highest BCUT2D eigenvalue weighted by Gasteiger charge is 2.34. The van der Waals surface area contributed by atoms with Crippen LogP contribution in [0.4, 0.5) is 4.39 Å². The first-order valence-corrected chi connectivity index (χ1v) is 6.14. The van der Waals surface area contributed by atoms with Crippen molar-refractivity contribution in [3.05, 3.63) is 35.2 Å². The van der Waals surface area contributed by atoms with Crippen molar-refractivity contribution in [3.8, 4) is 0 Å². The maximum Gasteiger partial charge on any atom is 0.365 e. The van der Waals surface area contributed by atoms with Gasteiger partial charge in [0.15, 0.2) is 5.78 Å². The molecule has 104 valence electrons. The Kier molecular flexibility index (Phi) is 4.45. The van der Waals surface area contributed by atoms with Crippen molar-refractivity contribution in [3.63, 3.8) is 0 Å². The number of halogens is 1. The minimum Gasteiger partial charge on any atom is -0.476 e. The summed E-state index contributed by atoms with van der Waals surface area (Å²) in [6.07, 6.45) is 5.29. The smallest absolute Gasteiger partial charge is 0.365 e. The lowest BCUT2D eigenvalue weighted by atomic mass is 9.68. The van der Waals surface area contributed by atoms with E-state index in [0.29, 0.717) is 6.42 Å². The molecule has 0 bridgehead atoms. The molecule has 0 saturated carbocycles. The van der Waals surface area contributed by atoms with Crippen LogP contribution in [0.5, 0.6) is 0 Å². The van der Waals surface area contributed by atoms with E-state index in [1.807, 2.05) is 20.8 Å². The summed E-state index contributed by atoms with van der Waals surface area (Å²) in [6, 6.07) is 0. The Bertz CT molecular complexity index is 496. The number of carboxylic acids is 1. The van der Waals surface area contributed by atoms with Gasteiger partial charge in [0, 0.05) is 12.3 Å². The van der Waals surface area contributed by atoms with Crippen LogP contribution in [0.2, 0.25) is 0 Å². The summed E-state index contributed by atoms with van der Waals surface area (Å²) < 4.78 is 13.2. The normalized spacial score (nSPS) is 24.2. The first-order chi connectivity index (χ1) is 8.65. The molecule has 1 aliphatic rings. The van der Waals surface area contributed by atoms with E-state index in [1.165, 1.54) is 13.0 Å². The van der Waals surface area contributed by atoms with Crippen LogP contribution < -0.4 is 0 Å². The highest BCUT2D eigenvalue weighted by atomic mass is 19.1. The summed E-state index contributed by atoms with van der Waals surface area (Å²) in [5.74, 6) is -2.62. The molecule has 19 heavy (non-hydrogen) atoms. The third kappa shape index (κ3) is 3.63. The Labute approximate surface area is 112 Å². The molecule has 0 saturated heterocycles. The van der Waals surface area contributed by atoms with Crippen LogP contribution in [0.15, 0.2) is 35.2 Å². The Hall–Kier alpha value is -1.71. The van der Waals surface area contributed by atoms with Crippen LogP contribution in [-0.4, -0.2) is 16.9 Å². The standard InChI is InChI=1S/C15H19FO3/c1-9(13(16)14(18)19)5-6-12-10(2)7-11(17)8-15(12,3)4/h5-7,12H,8H2,1-4H3,(H,18,19)/b6-5+,13-9-. The van der Waals surface area contributed by atoms with Crippen molar-refractivity contribution >= 4 is 11.8 Å². The molecule has 0 fully saturated rings. The second-order valence-electron chi connectivity index (χ2n) is 5.66. The predicted molar refractivity (Wildman–Crippen MR) is 71.2 cm³/mol. The van der Waals surface area contributed by atoms with E-state index in [4.69, 9.17) is 5.11 Å². The van der Waals surface area contributed by atoms with Crippen LogP contribution in [0, 0.1) is 11.3 Å². The summed E-state index contributed by atoms with van der Waals surface area (Å²) >= 11 is 0. The van der Waals surface area contributed by atoms with Crippen LogP contribution in [0.1, 0.15) is 34.1 Å². The van der Waals surface area contributed by atoms with Gasteiger partial charge >= 0.3 is 5.97 Å². The highest BCUT2D eigenvalue weighted by molar-refractivity contribution is 5.92. The molecule has 1 aliphatic carbocycles. The van der Waals surface area contributed by atoms with Gasteiger partial charge in [0.1, 0.15) is 0 Å². The first kappa shape index (κ1) is 15.3. The SMILES string of the molecule is CC1=CC(=O)CC(C)(C)C1/C=C/C(C)=C(\F)C(=O)O. The van der Waals surface area contributed by atoms with Gasteiger partial charge in [-0.25, -0.2) is 4.79 Å². The second kappa shape index (κ2) is 5.51. The average Bonchev–Trinajstić information content (AvgIpc) is 2.24. The summed E-state index contributed by atoms with van der Waals surface area (Å²) in [4.78, 5) is 22.0. The Morgan fingerprint density at radius 1 is 1.53 bits per heavy atom. The van der Waals surface area contributed by atoms with Gasteiger partial charge in [-0.2, -0.15) is 4.39 Å². The number of carbonyl (C=O) groups is 2. The second-order valence-corrected chi connectivity index (χ2v) is 5.66. The van der Waals surface area contributed by atoms with Gasteiger partial charge in [0.25, 0.3) is 0 Å². The number of carbonyl (C=O) groups excluding carboxylic acids is 1. The zero-order valence-corrected chi connectivity index (χ0v) is 11.7. The molecule has 0 spiro atoms. The third-order valence-electron chi connectivity index (χ3n) is 3.42. The van der Waals surface area contributed by atoms with E-state index in [1.54, 1.807) is 12.2 Å². The Balaban J connectivity index is 3.04. The number of carboxylic acid groups (broad SMARTS) is 1. The molecule has 0 amide bonds. The van der Waals surface area contributed by atoms with Crippen LogP contribution >= 0.6 is 0 Å². The van der Waals surface area contributed by atoms with Gasteiger partial charge in [-0.1, -0.05) is 31.6 Å². The van der Waals surface area contributed by atoms with E-state index >= 15 is 0 Å². The van der Waals surface area contributed by atoms with Crippen molar-refractivity contribution in [2.45, 2.75) is 34.1 Å². The molecule has 0 aromatic carbocycles. The minimum atomic E-state index is -1.56. The van der Waals surface area contributed by atoms with Gasteiger partial charge < -0.3 is 5.11 Å². The van der Waals surface area contributed by atoms with Gasteiger partial charge in [-0.05, 0) is 30.9 Å². The molecular formula is C15H19FO3. The quantitative estimate of drug-likeness (QED) is 0.629. The van der Waals surface area contributed by atoms with Crippen molar-refractivity contribution < 1.29 is 19.1 Å². The molecular weight excluding hydrogens is 247 g/mol. The highest BCUT2D eigenvalue weighted by Crippen LogP contribution is 2.40. The lowest BCUT2D eigenvalue weighted by molar-refractivity contribution is -0.134. The molecule has 1 N–H and O–H groups in total. The molecule has 4 heteroatoms. The zero-order chi connectivity index (χ0) is 14.8. The number of ketones is 1. The Morgan fingerprint density at radius 3 is 2.58 bits per heavy atom. The summed E-state index contributed by atoms with van der Waals surface area (Å²) in [7, 11) is 0. The van der Waals surface area contributed by atoms with E-state index in [2.05, 4.69) is 0 Å². The van der Waals surface area contributed by atoms with E-state index < -0.39 is 11.8 Å². The maximum absolute atomic E-state index is 13.2. The van der Waals surface area contributed by atoms with Crippen LogP contribution in [-0.2, 0) is 9.59 Å². The monoisotopic (exact) mass is 266 g/mol.